The van der Waals surface area contributed by atoms with Gasteiger partial charge in [0.15, 0.2) is 5.75 Å². The van der Waals surface area contributed by atoms with Gasteiger partial charge in [0, 0.05) is 36.5 Å². The van der Waals surface area contributed by atoms with Crippen LogP contribution in [0.25, 0.3) is 11.1 Å². The van der Waals surface area contributed by atoms with Crippen molar-refractivity contribution in [3.63, 3.8) is 0 Å². The molecule has 0 bridgehead atoms. The van der Waals surface area contributed by atoms with Gasteiger partial charge in [-0.3, -0.25) is 4.79 Å². The molecule has 0 unspecified atom stereocenters. The lowest BCUT2D eigenvalue weighted by Crippen LogP contribution is -2.36. The molecular weight excluding hydrogens is 340 g/mol. The molecule has 0 aliphatic carbocycles. The third-order valence-corrected chi connectivity index (χ3v) is 4.52. The van der Waals surface area contributed by atoms with E-state index in [1.54, 1.807) is 12.3 Å². The van der Waals surface area contributed by atoms with Crippen LogP contribution in [-0.4, -0.2) is 37.6 Å². The SMILES string of the molecule is O=Cc1cccc(-c2ccc(Oc3ccccc3N3CCOCC3)nc2)c1. The number of hydrogen-bond acceptors (Lipinski definition) is 5. The molecule has 2 aromatic carbocycles. The van der Waals surface area contributed by atoms with Crippen molar-refractivity contribution in [1.29, 1.82) is 0 Å². The summed E-state index contributed by atoms with van der Waals surface area (Å²) in [7, 11) is 0. The average Bonchev–Trinajstić information content (AvgIpc) is 2.75. The third-order valence-electron chi connectivity index (χ3n) is 4.52. The van der Waals surface area contributed by atoms with Gasteiger partial charge >= 0.3 is 0 Å². The molecule has 0 radical (unpaired) electrons. The van der Waals surface area contributed by atoms with Crippen LogP contribution in [0.5, 0.6) is 11.6 Å². The number of carbonyl (C=O) groups is 1. The van der Waals surface area contributed by atoms with Crippen molar-refractivity contribution in [1.82, 2.24) is 4.98 Å². The molecule has 1 fully saturated rings. The standard InChI is InChI=1S/C22H20N2O3/c25-16-17-4-3-5-18(14-17)19-8-9-22(23-15-19)27-21-7-2-1-6-20(21)24-10-12-26-13-11-24/h1-9,14-16H,10-13H2. The summed E-state index contributed by atoms with van der Waals surface area (Å²) in [5.74, 6) is 1.31. The Kier molecular flexibility index (Phi) is 5.12. The molecule has 136 valence electrons. The lowest BCUT2D eigenvalue weighted by atomic mass is 10.1. The number of nitrogens with zero attached hydrogens (tertiary/aromatic N) is 2. The Morgan fingerprint density at radius 3 is 2.59 bits per heavy atom. The number of anilines is 1. The Labute approximate surface area is 158 Å². The van der Waals surface area contributed by atoms with Gasteiger partial charge in [0.25, 0.3) is 0 Å². The number of carbonyl (C=O) groups excluding carboxylic acids is 1. The fourth-order valence-corrected chi connectivity index (χ4v) is 3.12. The van der Waals surface area contributed by atoms with E-state index in [0.29, 0.717) is 11.4 Å². The molecule has 2 heterocycles. The summed E-state index contributed by atoms with van der Waals surface area (Å²) < 4.78 is 11.5. The molecule has 4 rings (SSSR count). The van der Waals surface area contributed by atoms with Gasteiger partial charge in [-0.05, 0) is 29.8 Å². The summed E-state index contributed by atoms with van der Waals surface area (Å²) in [5, 5.41) is 0. The topological polar surface area (TPSA) is 51.7 Å². The number of benzene rings is 2. The molecule has 5 heteroatoms. The van der Waals surface area contributed by atoms with Crippen LogP contribution in [0.2, 0.25) is 0 Å². The van der Waals surface area contributed by atoms with Crippen LogP contribution >= 0.6 is 0 Å². The summed E-state index contributed by atoms with van der Waals surface area (Å²) in [6, 6.07) is 19.2. The minimum Gasteiger partial charge on any atom is -0.437 e. The van der Waals surface area contributed by atoms with E-state index >= 15 is 0 Å². The molecule has 27 heavy (non-hydrogen) atoms. The largest absolute Gasteiger partial charge is 0.437 e. The number of ether oxygens (including phenoxy) is 2. The van der Waals surface area contributed by atoms with Gasteiger partial charge in [0.05, 0.1) is 18.9 Å². The van der Waals surface area contributed by atoms with Crippen molar-refractivity contribution in [2.45, 2.75) is 0 Å². The summed E-state index contributed by atoms with van der Waals surface area (Å²) in [5.41, 5.74) is 3.58. The predicted molar refractivity (Wildman–Crippen MR) is 105 cm³/mol. The normalized spacial score (nSPS) is 14.0. The molecule has 0 amide bonds. The molecule has 0 saturated carbocycles. The number of para-hydroxylation sites is 2. The van der Waals surface area contributed by atoms with Crippen molar-refractivity contribution in [2.75, 3.05) is 31.2 Å². The highest BCUT2D eigenvalue weighted by Gasteiger charge is 2.16. The van der Waals surface area contributed by atoms with Crippen LogP contribution in [0.3, 0.4) is 0 Å². The monoisotopic (exact) mass is 360 g/mol. The number of morpholine rings is 1. The first-order chi connectivity index (χ1) is 13.3. The van der Waals surface area contributed by atoms with E-state index < -0.39 is 0 Å². The molecule has 1 saturated heterocycles. The van der Waals surface area contributed by atoms with Gasteiger partial charge in [0.2, 0.25) is 5.88 Å². The zero-order valence-electron chi connectivity index (χ0n) is 14.9. The van der Waals surface area contributed by atoms with Gasteiger partial charge in [-0.2, -0.15) is 0 Å². The van der Waals surface area contributed by atoms with Crippen molar-refractivity contribution in [3.8, 4) is 22.8 Å². The van der Waals surface area contributed by atoms with Gasteiger partial charge < -0.3 is 14.4 Å². The van der Waals surface area contributed by atoms with E-state index in [0.717, 1.165) is 55.2 Å². The van der Waals surface area contributed by atoms with Crippen molar-refractivity contribution in [2.24, 2.45) is 0 Å². The van der Waals surface area contributed by atoms with Gasteiger partial charge in [-0.1, -0.05) is 30.3 Å². The lowest BCUT2D eigenvalue weighted by molar-refractivity contribution is 0.112. The first-order valence-corrected chi connectivity index (χ1v) is 8.95. The minimum absolute atomic E-state index is 0.533. The molecule has 1 aliphatic heterocycles. The Bertz CT molecular complexity index is 919. The van der Waals surface area contributed by atoms with E-state index in [2.05, 4.69) is 16.0 Å². The second-order valence-corrected chi connectivity index (χ2v) is 6.30. The molecule has 0 N–H and O–H groups in total. The highest BCUT2D eigenvalue weighted by atomic mass is 16.5. The van der Waals surface area contributed by atoms with Crippen LogP contribution in [0.1, 0.15) is 10.4 Å². The highest BCUT2D eigenvalue weighted by molar-refractivity contribution is 5.78. The summed E-state index contributed by atoms with van der Waals surface area (Å²) >= 11 is 0. The molecule has 0 atom stereocenters. The highest BCUT2D eigenvalue weighted by Crippen LogP contribution is 2.32. The number of pyridine rings is 1. The molecule has 1 aromatic heterocycles. The van der Waals surface area contributed by atoms with Crippen LogP contribution in [0.4, 0.5) is 5.69 Å². The van der Waals surface area contributed by atoms with Crippen molar-refractivity contribution in [3.05, 3.63) is 72.4 Å². The Morgan fingerprint density at radius 2 is 1.81 bits per heavy atom. The van der Waals surface area contributed by atoms with E-state index in [1.165, 1.54) is 0 Å². The molecular formula is C22H20N2O3. The van der Waals surface area contributed by atoms with Crippen LogP contribution in [0, 0.1) is 0 Å². The second-order valence-electron chi connectivity index (χ2n) is 6.30. The zero-order chi connectivity index (χ0) is 18.5. The molecule has 3 aromatic rings. The zero-order valence-corrected chi connectivity index (χ0v) is 14.9. The number of aldehydes is 1. The average molecular weight is 360 g/mol. The van der Waals surface area contributed by atoms with E-state index in [9.17, 15) is 4.79 Å². The fraction of sp³-hybridized carbons (Fsp3) is 0.182. The van der Waals surface area contributed by atoms with Crippen LogP contribution < -0.4 is 9.64 Å². The first-order valence-electron chi connectivity index (χ1n) is 8.95. The van der Waals surface area contributed by atoms with Gasteiger partial charge in [-0.25, -0.2) is 4.98 Å². The summed E-state index contributed by atoms with van der Waals surface area (Å²) in [4.78, 5) is 17.7. The molecule has 1 aliphatic rings. The minimum atomic E-state index is 0.533. The first kappa shape index (κ1) is 17.2. The number of hydrogen-bond donors (Lipinski definition) is 0. The number of rotatable bonds is 5. The van der Waals surface area contributed by atoms with Crippen LogP contribution in [0.15, 0.2) is 66.9 Å². The van der Waals surface area contributed by atoms with Gasteiger partial charge in [0.1, 0.15) is 6.29 Å². The fourth-order valence-electron chi connectivity index (χ4n) is 3.12. The summed E-state index contributed by atoms with van der Waals surface area (Å²) in [6.07, 6.45) is 2.60. The smallest absolute Gasteiger partial charge is 0.219 e. The quantitative estimate of drug-likeness (QED) is 0.639. The third kappa shape index (κ3) is 3.99. The lowest BCUT2D eigenvalue weighted by Gasteiger charge is -2.30. The predicted octanol–water partition coefficient (Wildman–Crippen LogP) is 4.19. The van der Waals surface area contributed by atoms with Crippen molar-refractivity contribution >= 4 is 12.0 Å². The van der Waals surface area contributed by atoms with E-state index in [-0.39, 0.29) is 0 Å². The van der Waals surface area contributed by atoms with E-state index in [4.69, 9.17) is 9.47 Å². The van der Waals surface area contributed by atoms with Gasteiger partial charge in [-0.15, -0.1) is 0 Å². The Morgan fingerprint density at radius 1 is 0.963 bits per heavy atom. The molecule has 0 spiro atoms. The maximum absolute atomic E-state index is 11.0. The maximum atomic E-state index is 11.0. The number of aromatic nitrogens is 1. The van der Waals surface area contributed by atoms with E-state index in [1.807, 2.05) is 48.5 Å². The Hall–Kier alpha value is -3.18. The van der Waals surface area contributed by atoms with Crippen LogP contribution in [-0.2, 0) is 4.74 Å². The summed E-state index contributed by atoms with van der Waals surface area (Å²) in [6.45, 7) is 3.14. The Balaban J connectivity index is 1.54. The molecule has 5 nitrogen and oxygen atoms in total. The second kappa shape index (κ2) is 8.01. The van der Waals surface area contributed by atoms with Crippen molar-refractivity contribution < 1.29 is 14.3 Å². The maximum Gasteiger partial charge on any atom is 0.219 e.